The Bertz CT molecular complexity index is 747. The average Bonchev–Trinajstić information content (AvgIpc) is 3.00. The van der Waals surface area contributed by atoms with Gasteiger partial charge in [-0.05, 0) is 11.1 Å². The number of nitrogens with zero attached hydrogens (tertiary/aromatic N) is 3. The Balaban J connectivity index is 1.59. The van der Waals surface area contributed by atoms with Gasteiger partial charge in [-0.1, -0.05) is 60.7 Å². The highest BCUT2D eigenvalue weighted by Gasteiger charge is 2.20. The molecule has 0 unspecified atom stereocenters. The Morgan fingerprint density at radius 3 is 2.36 bits per heavy atom. The van der Waals surface area contributed by atoms with Gasteiger partial charge in [0.05, 0.1) is 18.4 Å². The van der Waals surface area contributed by atoms with Gasteiger partial charge in [-0.25, -0.2) is 0 Å². The van der Waals surface area contributed by atoms with Gasteiger partial charge >= 0.3 is 0 Å². The zero-order valence-electron chi connectivity index (χ0n) is 12.5. The zero-order chi connectivity index (χ0) is 14.8. The van der Waals surface area contributed by atoms with Crippen molar-refractivity contribution < 1.29 is 0 Å². The highest BCUT2D eigenvalue weighted by molar-refractivity contribution is 5.65. The minimum absolute atomic E-state index is 0.957. The largest absolute Gasteiger partial charge is 0.291 e. The van der Waals surface area contributed by atoms with E-state index in [2.05, 4.69) is 75.3 Å². The first-order valence-electron chi connectivity index (χ1n) is 7.76. The van der Waals surface area contributed by atoms with E-state index in [1.165, 1.54) is 22.4 Å². The predicted molar refractivity (Wildman–Crippen MR) is 88.2 cm³/mol. The molecule has 1 aromatic heterocycles. The second kappa shape index (κ2) is 5.78. The number of hydrogen-bond donors (Lipinski definition) is 0. The standard InChI is InChI=1S/C19H19N3/c1-3-7-16(8-4-1)14-21-11-12-22-19(15-21)18(13-20-22)17-9-5-2-6-10-17/h1-10,13H,11-12,14-15H2. The van der Waals surface area contributed by atoms with Crippen molar-refractivity contribution in [2.75, 3.05) is 6.54 Å². The van der Waals surface area contributed by atoms with Gasteiger partial charge in [0, 0.05) is 25.2 Å². The topological polar surface area (TPSA) is 21.1 Å². The summed E-state index contributed by atoms with van der Waals surface area (Å²) in [5.74, 6) is 0. The highest BCUT2D eigenvalue weighted by atomic mass is 15.3. The molecule has 1 aliphatic rings. The van der Waals surface area contributed by atoms with E-state index >= 15 is 0 Å². The number of hydrogen-bond acceptors (Lipinski definition) is 2. The molecule has 0 amide bonds. The van der Waals surface area contributed by atoms with E-state index in [9.17, 15) is 0 Å². The van der Waals surface area contributed by atoms with Gasteiger partial charge in [0.25, 0.3) is 0 Å². The van der Waals surface area contributed by atoms with Gasteiger partial charge in [-0.3, -0.25) is 9.58 Å². The molecule has 0 N–H and O–H groups in total. The summed E-state index contributed by atoms with van der Waals surface area (Å²) >= 11 is 0. The maximum absolute atomic E-state index is 4.56. The molecule has 0 bridgehead atoms. The van der Waals surface area contributed by atoms with Crippen LogP contribution in [-0.2, 0) is 19.6 Å². The van der Waals surface area contributed by atoms with Gasteiger partial charge < -0.3 is 0 Å². The van der Waals surface area contributed by atoms with E-state index in [1.54, 1.807) is 0 Å². The van der Waals surface area contributed by atoms with Gasteiger partial charge in [0.2, 0.25) is 0 Å². The molecule has 4 rings (SSSR count). The third-order valence-electron chi connectivity index (χ3n) is 4.28. The van der Waals surface area contributed by atoms with Crippen LogP contribution in [0.1, 0.15) is 11.3 Å². The maximum atomic E-state index is 4.56. The van der Waals surface area contributed by atoms with Crippen LogP contribution in [0.2, 0.25) is 0 Å². The third-order valence-corrected chi connectivity index (χ3v) is 4.28. The van der Waals surface area contributed by atoms with Crippen LogP contribution in [0.25, 0.3) is 11.1 Å². The molecule has 2 heterocycles. The molecule has 22 heavy (non-hydrogen) atoms. The molecular weight excluding hydrogens is 270 g/mol. The molecule has 0 radical (unpaired) electrons. The van der Waals surface area contributed by atoms with Crippen LogP contribution in [0.4, 0.5) is 0 Å². The Kier molecular flexibility index (Phi) is 3.49. The number of aromatic nitrogens is 2. The SMILES string of the molecule is c1ccc(CN2CCn3ncc(-c4ccccc4)c3C2)cc1. The lowest BCUT2D eigenvalue weighted by Crippen LogP contribution is -2.33. The van der Waals surface area contributed by atoms with Crippen LogP contribution in [0.5, 0.6) is 0 Å². The van der Waals surface area contributed by atoms with Crippen molar-refractivity contribution in [3.8, 4) is 11.1 Å². The van der Waals surface area contributed by atoms with Crippen molar-refractivity contribution >= 4 is 0 Å². The molecule has 3 nitrogen and oxygen atoms in total. The normalized spacial score (nSPS) is 14.7. The molecule has 0 saturated heterocycles. The molecule has 0 spiro atoms. The van der Waals surface area contributed by atoms with Crippen LogP contribution < -0.4 is 0 Å². The molecule has 0 saturated carbocycles. The first kappa shape index (κ1) is 13.3. The monoisotopic (exact) mass is 289 g/mol. The van der Waals surface area contributed by atoms with Gasteiger partial charge in [0.1, 0.15) is 0 Å². The van der Waals surface area contributed by atoms with E-state index in [4.69, 9.17) is 0 Å². The Hall–Kier alpha value is -2.39. The highest BCUT2D eigenvalue weighted by Crippen LogP contribution is 2.27. The second-order valence-electron chi connectivity index (χ2n) is 5.79. The Morgan fingerprint density at radius 2 is 1.59 bits per heavy atom. The summed E-state index contributed by atoms with van der Waals surface area (Å²) in [4.78, 5) is 2.50. The Labute approximate surface area is 130 Å². The molecule has 0 fully saturated rings. The molecule has 110 valence electrons. The predicted octanol–water partition coefficient (Wildman–Crippen LogP) is 3.57. The van der Waals surface area contributed by atoms with Crippen LogP contribution in [-0.4, -0.2) is 21.2 Å². The summed E-state index contributed by atoms with van der Waals surface area (Å²) in [5, 5.41) is 4.56. The lowest BCUT2D eigenvalue weighted by molar-refractivity contribution is 0.205. The number of rotatable bonds is 3. The lowest BCUT2D eigenvalue weighted by atomic mass is 10.1. The summed E-state index contributed by atoms with van der Waals surface area (Å²) in [7, 11) is 0. The first-order chi connectivity index (χ1) is 10.9. The van der Waals surface area contributed by atoms with Crippen molar-refractivity contribution in [3.63, 3.8) is 0 Å². The quantitative estimate of drug-likeness (QED) is 0.735. The fourth-order valence-electron chi connectivity index (χ4n) is 3.13. The van der Waals surface area contributed by atoms with Gasteiger partial charge in [-0.15, -0.1) is 0 Å². The summed E-state index contributed by atoms with van der Waals surface area (Å²) in [5.41, 5.74) is 5.22. The molecule has 3 heteroatoms. The minimum Gasteiger partial charge on any atom is -0.291 e. The smallest absolute Gasteiger partial charge is 0.0603 e. The van der Waals surface area contributed by atoms with Crippen LogP contribution >= 0.6 is 0 Å². The van der Waals surface area contributed by atoms with Crippen molar-refractivity contribution in [3.05, 3.63) is 78.1 Å². The molecule has 2 aromatic carbocycles. The van der Waals surface area contributed by atoms with Crippen molar-refractivity contribution in [1.29, 1.82) is 0 Å². The van der Waals surface area contributed by atoms with Crippen LogP contribution in [0, 0.1) is 0 Å². The zero-order valence-corrected chi connectivity index (χ0v) is 12.5. The minimum atomic E-state index is 0.957. The van der Waals surface area contributed by atoms with Gasteiger partial charge in [-0.2, -0.15) is 5.10 Å². The third kappa shape index (κ3) is 2.55. The van der Waals surface area contributed by atoms with Crippen molar-refractivity contribution in [2.24, 2.45) is 0 Å². The van der Waals surface area contributed by atoms with E-state index in [0.717, 1.165) is 26.2 Å². The summed E-state index contributed by atoms with van der Waals surface area (Å²) < 4.78 is 2.16. The van der Waals surface area contributed by atoms with E-state index in [0.29, 0.717) is 0 Å². The fraction of sp³-hybridized carbons (Fsp3) is 0.211. The fourth-order valence-corrected chi connectivity index (χ4v) is 3.13. The number of benzene rings is 2. The van der Waals surface area contributed by atoms with E-state index < -0.39 is 0 Å². The second-order valence-corrected chi connectivity index (χ2v) is 5.79. The number of fused-ring (bicyclic) bond motifs is 1. The van der Waals surface area contributed by atoms with Gasteiger partial charge in [0.15, 0.2) is 0 Å². The molecule has 3 aromatic rings. The Morgan fingerprint density at radius 1 is 0.864 bits per heavy atom. The molecule has 0 atom stereocenters. The van der Waals surface area contributed by atoms with Crippen molar-refractivity contribution in [2.45, 2.75) is 19.6 Å². The summed E-state index contributed by atoms with van der Waals surface area (Å²) in [6.45, 7) is 3.98. The van der Waals surface area contributed by atoms with Crippen LogP contribution in [0.15, 0.2) is 66.9 Å². The summed E-state index contributed by atoms with van der Waals surface area (Å²) in [6, 6.07) is 21.2. The van der Waals surface area contributed by atoms with Crippen LogP contribution in [0.3, 0.4) is 0 Å². The van der Waals surface area contributed by atoms with Crippen molar-refractivity contribution in [1.82, 2.24) is 14.7 Å². The summed E-state index contributed by atoms with van der Waals surface area (Å²) in [6.07, 6.45) is 2.01. The molecule has 0 aliphatic carbocycles. The lowest BCUT2D eigenvalue weighted by Gasteiger charge is -2.28. The maximum Gasteiger partial charge on any atom is 0.0603 e. The molecular formula is C19H19N3. The molecule has 1 aliphatic heterocycles. The van der Waals surface area contributed by atoms with E-state index in [-0.39, 0.29) is 0 Å². The van der Waals surface area contributed by atoms with E-state index in [1.807, 2.05) is 6.20 Å². The average molecular weight is 289 g/mol. The first-order valence-corrected chi connectivity index (χ1v) is 7.76.